The number of guanidine groups is 1. The smallest absolute Gasteiger partial charge is 0.190 e. The first-order chi connectivity index (χ1) is 12.2. The molecule has 7 heteroatoms. The summed E-state index contributed by atoms with van der Waals surface area (Å²) in [5.74, 6) is 2.06. The molecule has 6 nitrogen and oxygen atoms in total. The normalized spacial score (nSPS) is 17.0. The molecule has 1 rings (SSSR count). The van der Waals surface area contributed by atoms with Crippen LogP contribution < -0.4 is 10.6 Å². The first kappa shape index (κ1) is 25.9. The second kappa shape index (κ2) is 17.0. The van der Waals surface area contributed by atoms with Crippen molar-refractivity contribution >= 4 is 29.9 Å². The maximum absolute atomic E-state index is 5.78. The van der Waals surface area contributed by atoms with Crippen LogP contribution in [0.5, 0.6) is 0 Å². The topological polar surface area (TPSA) is 64.1 Å². The lowest BCUT2D eigenvalue weighted by molar-refractivity contribution is 0.0203. The van der Waals surface area contributed by atoms with Crippen LogP contribution in [-0.4, -0.2) is 65.2 Å². The van der Waals surface area contributed by atoms with Crippen molar-refractivity contribution in [3.05, 3.63) is 0 Å². The largest absolute Gasteiger partial charge is 0.381 e. The van der Waals surface area contributed by atoms with E-state index in [0.717, 1.165) is 77.8 Å². The van der Waals surface area contributed by atoms with Crippen LogP contribution in [0.2, 0.25) is 0 Å². The van der Waals surface area contributed by atoms with Crippen molar-refractivity contribution < 1.29 is 14.2 Å². The number of aliphatic imine (C=N–C) groups is 1. The number of hydrogen-bond acceptors (Lipinski definition) is 4. The molecule has 2 N–H and O–H groups in total. The molecule has 1 aliphatic heterocycles. The van der Waals surface area contributed by atoms with Gasteiger partial charge in [0.25, 0.3) is 0 Å². The lowest BCUT2D eigenvalue weighted by atomic mass is 10.0. The maximum atomic E-state index is 5.78. The first-order valence-corrected chi connectivity index (χ1v) is 9.89. The third-order valence-corrected chi connectivity index (χ3v) is 4.52. The molecule has 1 fully saturated rings. The highest BCUT2D eigenvalue weighted by molar-refractivity contribution is 14.0. The number of hydrogen-bond donors (Lipinski definition) is 2. The Labute approximate surface area is 177 Å². The monoisotopic (exact) mass is 485 g/mol. The zero-order chi connectivity index (χ0) is 18.3. The molecule has 1 unspecified atom stereocenters. The highest BCUT2D eigenvalue weighted by atomic mass is 127. The molecule has 0 saturated carbocycles. The van der Waals surface area contributed by atoms with Gasteiger partial charge in [-0.25, -0.2) is 0 Å². The van der Waals surface area contributed by atoms with Gasteiger partial charge in [-0.1, -0.05) is 13.8 Å². The van der Waals surface area contributed by atoms with Gasteiger partial charge in [-0.05, 0) is 44.4 Å². The summed E-state index contributed by atoms with van der Waals surface area (Å²) in [6, 6.07) is 0. The van der Waals surface area contributed by atoms with Gasteiger partial charge in [-0.15, -0.1) is 24.0 Å². The Balaban J connectivity index is 0.00000625. The van der Waals surface area contributed by atoms with Crippen molar-refractivity contribution in [1.29, 1.82) is 0 Å². The van der Waals surface area contributed by atoms with E-state index in [1.165, 1.54) is 0 Å². The molecular weight excluding hydrogens is 445 g/mol. The molecule has 1 aliphatic rings. The van der Waals surface area contributed by atoms with E-state index in [9.17, 15) is 0 Å². The van der Waals surface area contributed by atoms with Gasteiger partial charge in [0.05, 0.1) is 6.10 Å². The predicted molar refractivity (Wildman–Crippen MR) is 119 cm³/mol. The van der Waals surface area contributed by atoms with Crippen molar-refractivity contribution in [2.45, 2.75) is 52.6 Å². The van der Waals surface area contributed by atoms with Crippen LogP contribution in [0.4, 0.5) is 0 Å². The summed E-state index contributed by atoms with van der Waals surface area (Å²) in [5.41, 5.74) is 0. The summed E-state index contributed by atoms with van der Waals surface area (Å²) in [6.45, 7) is 12.4. The number of nitrogens with zero attached hydrogens (tertiary/aromatic N) is 1. The molecule has 156 valence electrons. The fraction of sp³-hybridized carbons (Fsp3) is 0.947. The molecule has 26 heavy (non-hydrogen) atoms. The summed E-state index contributed by atoms with van der Waals surface area (Å²) >= 11 is 0. The Hall–Kier alpha value is -0.120. The Bertz CT molecular complexity index is 351. The third-order valence-electron chi connectivity index (χ3n) is 4.52. The Kier molecular flexibility index (Phi) is 16.9. The first-order valence-electron chi connectivity index (χ1n) is 9.89. The van der Waals surface area contributed by atoms with Crippen LogP contribution in [0.1, 0.15) is 46.5 Å². The maximum Gasteiger partial charge on any atom is 0.190 e. The summed E-state index contributed by atoms with van der Waals surface area (Å²) < 4.78 is 16.9. The van der Waals surface area contributed by atoms with Crippen molar-refractivity contribution in [2.75, 3.05) is 53.2 Å². The van der Waals surface area contributed by atoms with Gasteiger partial charge in [0.1, 0.15) is 0 Å². The molecular formula is C19H40IN3O3. The number of rotatable bonds is 12. The fourth-order valence-electron chi connectivity index (χ4n) is 2.92. The van der Waals surface area contributed by atoms with Crippen LogP contribution in [0, 0.1) is 11.8 Å². The zero-order valence-electron chi connectivity index (χ0n) is 17.1. The van der Waals surface area contributed by atoms with Crippen LogP contribution in [0.25, 0.3) is 0 Å². The lowest BCUT2D eigenvalue weighted by Crippen LogP contribution is -2.39. The van der Waals surface area contributed by atoms with Gasteiger partial charge < -0.3 is 24.8 Å². The molecule has 0 aliphatic carbocycles. The quantitative estimate of drug-likeness (QED) is 0.193. The zero-order valence-corrected chi connectivity index (χ0v) is 19.4. The average Bonchev–Trinajstić information content (AvgIpc) is 2.62. The van der Waals surface area contributed by atoms with Gasteiger partial charge in [-0.3, -0.25) is 4.99 Å². The highest BCUT2D eigenvalue weighted by Crippen LogP contribution is 2.14. The van der Waals surface area contributed by atoms with Crippen LogP contribution >= 0.6 is 24.0 Å². The summed E-state index contributed by atoms with van der Waals surface area (Å²) in [5, 5.41) is 6.70. The molecule has 0 aromatic heterocycles. The number of halogens is 1. The molecule has 1 heterocycles. The van der Waals surface area contributed by atoms with Crippen LogP contribution in [0.15, 0.2) is 4.99 Å². The second-order valence-corrected chi connectivity index (χ2v) is 6.94. The molecule has 0 amide bonds. The second-order valence-electron chi connectivity index (χ2n) is 6.94. The summed E-state index contributed by atoms with van der Waals surface area (Å²) in [6.07, 6.45) is 4.54. The molecule has 0 spiro atoms. The van der Waals surface area contributed by atoms with Crippen LogP contribution in [0.3, 0.4) is 0 Å². The SMILES string of the molecule is CCOC(CCNC(=NC)NCCCOCC1CCOCC1)C(C)C.I. The molecule has 0 aromatic rings. The molecule has 0 radical (unpaired) electrons. The van der Waals surface area contributed by atoms with Gasteiger partial charge in [0, 0.05) is 53.2 Å². The van der Waals surface area contributed by atoms with Gasteiger partial charge in [0.2, 0.25) is 0 Å². The summed E-state index contributed by atoms with van der Waals surface area (Å²) in [4.78, 5) is 4.27. The minimum atomic E-state index is 0. The Morgan fingerprint density at radius 1 is 1.19 bits per heavy atom. The standard InChI is InChI=1S/C19H39N3O3.HI/c1-5-25-18(16(2)3)7-11-22-19(20-4)21-10-6-12-24-15-17-8-13-23-14-9-17;/h16-18H,5-15H2,1-4H3,(H2,20,21,22);1H. The number of nitrogens with one attached hydrogen (secondary N) is 2. The van der Waals surface area contributed by atoms with E-state index < -0.39 is 0 Å². The van der Waals surface area contributed by atoms with E-state index in [0.29, 0.717) is 17.9 Å². The van der Waals surface area contributed by atoms with E-state index in [-0.39, 0.29) is 24.0 Å². The van der Waals surface area contributed by atoms with Crippen molar-refractivity contribution in [3.8, 4) is 0 Å². The minimum Gasteiger partial charge on any atom is -0.381 e. The van der Waals surface area contributed by atoms with Gasteiger partial charge in [0.15, 0.2) is 5.96 Å². The van der Waals surface area contributed by atoms with Crippen LogP contribution in [-0.2, 0) is 14.2 Å². The highest BCUT2D eigenvalue weighted by Gasteiger charge is 2.14. The average molecular weight is 485 g/mol. The third kappa shape index (κ3) is 12.3. The lowest BCUT2D eigenvalue weighted by Gasteiger charge is -2.22. The van der Waals surface area contributed by atoms with E-state index >= 15 is 0 Å². The van der Waals surface area contributed by atoms with E-state index in [4.69, 9.17) is 14.2 Å². The Morgan fingerprint density at radius 3 is 2.50 bits per heavy atom. The predicted octanol–water partition coefficient (Wildman–Crippen LogP) is 3.05. The number of ether oxygens (including phenoxy) is 3. The Morgan fingerprint density at radius 2 is 1.88 bits per heavy atom. The van der Waals surface area contributed by atoms with E-state index in [2.05, 4.69) is 29.5 Å². The van der Waals surface area contributed by atoms with Crippen molar-refractivity contribution in [2.24, 2.45) is 16.8 Å². The molecule has 1 saturated heterocycles. The molecule has 0 bridgehead atoms. The van der Waals surface area contributed by atoms with Gasteiger partial charge >= 0.3 is 0 Å². The molecule has 0 aromatic carbocycles. The summed E-state index contributed by atoms with van der Waals surface area (Å²) in [7, 11) is 1.81. The molecule has 1 atom stereocenters. The van der Waals surface area contributed by atoms with Crippen molar-refractivity contribution in [3.63, 3.8) is 0 Å². The van der Waals surface area contributed by atoms with Gasteiger partial charge in [-0.2, -0.15) is 0 Å². The van der Waals surface area contributed by atoms with E-state index in [1.54, 1.807) is 7.05 Å². The fourth-order valence-corrected chi connectivity index (χ4v) is 2.92. The minimum absolute atomic E-state index is 0. The van der Waals surface area contributed by atoms with Crippen molar-refractivity contribution in [1.82, 2.24) is 10.6 Å². The van der Waals surface area contributed by atoms with E-state index in [1.807, 2.05) is 6.92 Å².